The lowest BCUT2D eigenvalue weighted by Crippen LogP contribution is -1.98. The van der Waals surface area contributed by atoms with Crippen LogP contribution in [0.4, 0.5) is 0 Å². The van der Waals surface area contributed by atoms with E-state index in [4.69, 9.17) is 0 Å². The molecule has 2 aromatic heterocycles. The lowest BCUT2D eigenvalue weighted by molar-refractivity contribution is 0.720. The Morgan fingerprint density at radius 2 is 1.43 bits per heavy atom. The molecular formula is C18H13N5. The molecule has 0 spiro atoms. The zero-order valence-electron chi connectivity index (χ0n) is 12.2. The zero-order valence-corrected chi connectivity index (χ0v) is 12.2. The molecule has 0 atom stereocenters. The van der Waals surface area contributed by atoms with Crippen LogP contribution in [0.15, 0.2) is 79.0 Å². The first-order chi connectivity index (χ1) is 11.4. The predicted octanol–water partition coefficient (Wildman–Crippen LogP) is 3.39. The quantitative estimate of drug-likeness (QED) is 0.582. The van der Waals surface area contributed by atoms with E-state index in [1.54, 1.807) is 6.20 Å². The van der Waals surface area contributed by atoms with Gasteiger partial charge in [0.2, 0.25) is 5.82 Å². The summed E-state index contributed by atoms with van der Waals surface area (Å²) in [6.07, 6.45) is 1.71. The normalized spacial score (nSPS) is 10.6. The number of hydrogen-bond acceptors (Lipinski definition) is 4. The summed E-state index contributed by atoms with van der Waals surface area (Å²) in [5, 5.41) is 12.5. The van der Waals surface area contributed by atoms with E-state index in [2.05, 4.69) is 44.7 Å². The highest BCUT2D eigenvalue weighted by Gasteiger charge is 2.08. The molecule has 0 fully saturated rings. The maximum absolute atomic E-state index is 4.39. The number of benzene rings is 2. The van der Waals surface area contributed by atoms with Crippen molar-refractivity contribution in [3.05, 3.63) is 79.0 Å². The van der Waals surface area contributed by atoms with Gasteiger partial charge < -0.3 is 0 Å². The van der Waals surface area contributed by atoms with Crippen molar-refractivity contribution in [3.63, 3.8) is 0 Å². The van der Waals surface area contributed by atoms with Gasteiger partial charge in [0, 0.05) is 6.20 Å². The van der Waals surface area contributed by atoms with Crippen molar-refractivity contribution in [1.82, 2.24) is 25.2 Å². The van der Waals surface area contributed by atoms with Crippen molar-refractivity contribution < 1.29 is 0 Å². The van der Waals surface area contributed by atoms with E-state index < -0.39 is 0 Å². The molecule has 0 radical (unpaired) electrons. The maximum Gasteiger partial charge on any atom is 0.223 e. The molecule has 110 valence electrons. The first-order valence-electron chi connectivity index (χ1n) is 7.27. The van der Waals surface area contributed by atoms with E-state index >= 15 is 0 Å². The molecule has 0 saturated heterocycles. The van der Waals surface area contributed by atoms with Crippen molar-refractivity contribution in [2.45, 2.75) is 0 Å². The van der Waals surface area contributed by atoms with Crippen molar-refractivity contribution in [2.75, 3.05) is 0 Å². The summed E-state index contributed by atoms with van der Waals surface area (Å²) in [5.41, 5.74) is 3.90. The third-order valence-corrected chi connectivity index (χ3v) is 3.51. The van der Waals surface area contributed by atoms with E-state index in [1.807, 2.05) is 48.5 Å². The van der Waals surface area contributed by atoms with Gasteiger partial charge in [0.25, 0.3) is 0 Å². The summed E-state index contributed by atoms with van der Waals surface area (Å²) in [7, 11) is 0. The van der Waals surface area contributed by atoms with Gasteiger partial charge in [-0.1, -0.05) is 48.5 Å². The second-order valence-electron chi connectivity index (χ2n) is 5.03. The van der Waals surface area contributed by atoms with Crippen LogP contribution in [0.2, 0.25) is 0 Å². The van der Waals surface area contributed by atoms with Gasteiger partial charge in [-0.25, -0.2) is 0 Å². The van der Waals surface area contributed by atoms with Crippen LogP contribution in [0.5, 0.6) is 0 Å². The summed E-state index contributed by atoms with van der Waals surface area (Å²) in [4.78, 5) is 5.74. The molecule has 5 heteroatoms. The Morgan fingerprint density at radius 1 is 0.696 bits per heavy atom. The van der Waals surface area contributed by atoms with Crippen LogP contribution < -0.4 is 0 Å². The molecule has 23 heavy (non-hydrogen) atoms. The summed E-state index contributed by atoms with van der Waals surface area (Å²) in [6.45, 7) is 0. The van der Waals surface area contributed by atoms with Gasteiger partial charge in [0.05, 0.1) is 5.69 Å². The third-order valence-electron chi connectivity index (χ3n) is 3.51. The highest BCUT2D eigenvalue weighted by molar-refractivity contribution is 5.64. The van der Waals surface area contributed by atoms with Gasteiger partial charge in [-0.15, -0.1) is 15.0 Å². The molecule has 0 N–H and O–H groups in total. The van der Waals surface area contributed by atoms with E-state index in [9.17, 15) is 0 Å². The molecule has 0 aliphatic carbocycles. The van der Waals surface area contributed by atoms with E-state index in [0.29, 0.717) is 11.5 Å². The standard InChI is InChI=1S/C18H13N5/c1-2-6-14(7-3-1)15-9-11-16(12-10-15)23-21-18(20-22-23)17-8-4-5-13-19-17/h1-13H. The lowest BCUT2D eigenvalue weighted by Gasteiger charge is -2.03. The Hall–Kier alpha value is -3.34. The van der Waals surface area contributed by atoms with E-state index in [-0.39, 0.29) is 0 Å². The Kier molecular flexibility index (Phi) is 3.37. The molecule has 4 aromatic rings. The van der Waals surface area contributed by atoms with Gasteiger partial charge in [-0.2, -0.15) is 0 Å². The monoisotopic (exact) mass is 299 g/mol. The minimum atomic E-state index is 0.512. The largest absolute Gasteiger partial charge is 0.253 e. The van der Waals surface area contributed by atoms with Gasteiger partial charge >= 0.3 is 0 Å². The molecule has 0 amide bonds. The Bertz CT molecular complexity index is 899. The average molecular weight is 299 g/mol. The highest BCUT2D eigenvalue weighted by atomic mass is 15.6. The Morgan fingerprint density at radius 3 is 2.17 bits per heavy atom. The molecule has 0 aliphatic rings. The molecule has 2 aromatic carbocycles. The minimum absolute atomic E-state index is 0.512. The highest BCUT2D eigenvalue weighted by Crippen LogP contribution is 2.20. The third kappa shape index (κ3) is 2.72. The Balaban J connectivity index is 1.63. The van der Waals surface area contributed by atoms with Crippen molar-refractivity contribution >= 4 is 0 Å². The number of tetrazole rings is 1. The predicted molar refractivity (Wildman–Crippen MR) is 87.8 cm³/mol. The van der Waals surface area contributed by atoms with E-state index in [1.165, 1.54) is 10.4 Å². The molecule has 2 heterocycles. The lowest BCUT2D eigenvalue weighted by atomic mass is 10.1. The fourth-order valence-electron chi connectivity index (χ4n) is 2.34. The zero-order chi connectivity index (χ0) is 15.5. The molecule has 0 saturated carbocycles. The SMILES string of the molecule is c1ccc(-c2ccc(-n3nnc(-c4ccccn4)n3)cc2)cc1. The van der Waals surface area contributed by atoms with Crippen LogP contribution in [0.25, 0.3) is 28.3 Å². The maximum atomic E-state index is 4.39. The van der Waals surface area contributed by atoms with Crippen LogP contribution in [0.1, 0.15) is 0 Å². The molecule has 0 aliphatic heterocycles. The Labute approximate surface area is 133 Å². The fourth-order valence-corrected chi connectivity index (χ4v) is 2.34. The van der Waals surface area contributed by atoms with Crippen molar-refractivity contribution in [2.24, 2.45) is 0 Å². The topological polar surface area (TPSA) is 56.5 Å². The second-order valence-corrected chi connectivity index (χ2v) is 5.03. The number of pyridine rings is 1. The van der Waals surface area contributed by atoms with Crippen LogP contribution in [0, 0.1) is 0 Å². The van der Waals surface area contributed by atoms with Crippen LogP contribution in [-0.4, -0.2) is 25.2 Å². The van der Waals surface area contributed by atoms with E-state index in [0.717, 1.165) is 11.3 Å². The first-order valence-corrected chi connectivity index (χ1v) is 7.27. The van der Waals surface area contributed by atoms with Crippen molar-refractivity contribution in [1.29, 1.82) is 0 Å². The van der Waals surface area contributed by atoms with Gasteiger partial charge in [0.15, 0.2) is 0 Å². The minimum Gasteiger partial charge on any atom is -0.253 e. The molecular weight excluding hydrogens is 286 g/mol. The van der Waals surface area contributed by atoms with Crippen molar-refractivity contribution in [3.8, 4) is 28.3 Å². The molecule has 4 rings (SSSR count). The number of hydrogen-bond donors (Lipinski definition) is 0. The number of nitrogens with zero attached hydrogens (tertiary/aromatic N) is 5. The summed E-state index contributed by atoms with van der Waals surface area (Å²) in [6, 6.07) is 23.9. The number of aromatic nitrogens is 5. The molecule has 0 unspecified atom stereocenters. The van der Waals surface area contributed by atoms with Gasteiger partial charge in [-0.3, -0.25) is 4.98 Å². The second kappa shape index (κ2) is 5.81. The first kappa shape index (κ1) is 13.3. The number of rotatable bonds is 3. The fraction of sp³-hybridized carbons (Fsp3) is 0. The molecule has 5 nitrogen and oxygen atoms in total. The molecule has 0 bridgehead atoms. The summed E-state index contributed by atoms with van der Waals surface area (Å²) < 4.78 is 0. The van der Waals surface area contributed by atoms with Crippen LogP contribution >= 0.6 is 0 Å². The summed E-state index contributed by atoms with van der Waals surface area (Å²) in [5.74, 6) is 0.512. The smallest absolute Gasteiger partial charge is 0.223 e. The van der Waals surface area contributed by atoms with Gasteiger partial charge in [0.1, 0.15) is 5.69 Å². The van der Waals surface area contributed by atoms with Gasteiger partial charge in [-0.05, 0) is 40.6 Å². The van der Waals surface area contributed by atoms with Crippen LogP contribution in [0.3, 0.4) is 0 Å². The summed E-state index contributed by atoms with van der Waals surface area (Å²) >= 11 is 0. The average Bonchev–Trinajstić information content (AvgIpc) is 3.14. The van der Waals surface area contributed by atoms with Crippen LogP contribution in [-0.2, 0) is 0 Å².